The normalized spacial score (nSPS) is 17.5. The van der Waals surface area contributed by atoms with Gasteiger partial charge in [-0.1, -0.05) is 45.9 Å². The molecule has 2 heteroatoms. The van der Waals surface area contributed by atoms with Gasteiger partial charge < -0.3 is 5.32 Å². The highest BCUT2D eigenvalue weighted by Gasteiger charge is 2.18. The van der Waals surface area contributed by atoms with Gasteiger partial charge in [-0.2, -0.15) is 0 Å². The molecule has 1 N–H and O–H groups in total. The second-order valence-corrected chi connectivity index (χ2v) is 5.97. The number of hydrogen-bond donors (Lipinski definition) is 1. The van der Waals surface area contributed by atoms with Crippen LogP contribution in [0.25, 0.3) is 0 Å². The highest BCUT2D eigenvalue weighted by atomic mass is 15.1. The van der Waals surface area contributed by atoms with Gasteiger partial charge in [-0.05, 0) is 41.4 Å². The summed E-state index contributed by atoms with van der Waals surface area (Å²) in [6.07, 6.45) is 3.36. The Morgan fingerprint density at radius 3 is 2.15 bits per heavy atom. The maximum absolute atomic E-state index is 4.59. The molecule has 20 heavy (non-hydrogen) atoms. The highest BCUT2D eigenvalue weighted by molar-refractivity contribution is 5.86. The van der Waals surface area contributed by atoms with E-state index in [2.05, 4.69) is 56.2 Å². The van der Waals surface area contributed by atoms with E-state index in [1.807, 2.05) is 0 Å². The third-order valence-electron chi connectivity index (χ3n) is 4.62. The Morgan fingerprint density at radius 2 is 1.70 bits per heavy atom. The fourth-order valence-corrected chi connectivity index (χ4v) is 2.92. The Hall–Kier alpha value is -1.31. The number of nitrogens with one attached hydrogen (secondary N) is 1. The first kappa shape index (κ1) is 15.1. The molecule has 0 aromatic heterocycles. The smallest absolute Gasteiger partial charge is 0.101 e. The topological polar surface area (TPSA) is 24.4 Å². The number of rotatable bonds is 6. The first-order valence-electron chi connectivity index (χ1n) is 8.06. The van der Waals surface area contributed by atoms with Crippen molar-refractivity contribution in [1.82, 2.24) is 5.32 Å². The van der Waals surface area contributed by atoms with Gasteiger partial charge in [-0.25, -0.2) is 0 Å². The van der Waals surface area contributed by atoms with Crippen LogP contribution in [-0.4, -0.2) is 18.9 Å². The van der Waals surface area contributed by atoms with Crippen molar-refractivity contribution in [2.75, 3.05) is 13.1 Å². The molecule has 0 fully saturated rings. The molecule has 2 atom stereocenters. The minimum Gasteiger partial charge on any atom is -0.372 e. The van der Waals surface area contributed by atoms with Crippen LogP contribution in [0, 0.1) is 0 Å². The van der Waals surface area contributed by atoms with Crippen molar-refractivity contribution in [1.29, 1.82) is 0 Å². The summed E-state index contributed by atoms with van der Waals surface area (Å²) in [6.45, 7) is 11.1. The van der Waals surface area contributed by atoms with Gasteiger partial charge in [0, 0.05) is 13.0 Å². The minimum atomic E-state index is 0.621. The van der Waals surface area contributed by atoms with Crippen LogP contribution in [0.3, 0.4) is 0 Å². The highest BCUT2D eigenvalue weighted by Crippen LogP contribution is 2.31. The van der Waals surface area contributed by atoms with E-state index < -0.39 is 0 Å². The van der Waals surface area contributed by atoms with E-state index in [-0.39, 0.29) is 0 Å². The van der Waals surface area contributed by atoms with E-state index in [0.29, 0.717) is 11.8 Å². The third-order valence-corrected chi connectivity index (χ3v) is 4.62. The lowest BCUT2D eigenvalue weighted by Gasteiger charge is -2.22. The first-order chi connectivity index (χ1) is 9.67. The second-order valence-electron chi connectivity index (χ2n) is 5.97. The summed E-state index contributed by atoms with van der Waals surface area (Å²) in [5, 5.41) is 3.42. The molecule has 1 heterocycles. The molecule has 0 aliphatic carbocycles. The van der Waals surface area contributed by atoms with Crippen molar-refractivity contribution in [3.8, 4) is 0 Å². The Bertz CT molecular complexity index is 448. The van der Waals surface area contributed by atoms with Gasteiger partial charge in [0.2, 0.25) is 0 Å². The summed E-state index contributed by atoms with van der Waals surface area (Å²) in [6, 6.07) is 6.85. The average molecular weight is 272 g/mol. The molecule has 2 nitrogen and oxygen atoms in total. The largest absolute Gasteiger partial charge is 0.372 e. The number of amidine groups is 1. The Balaban J connectivity index is 2.40. The molecule has 0 saturated heterocycles. The molecule has 1 aromatic rings. The molecule has 2 unspecified atom stereocenters. The van der Waals surface area contributed by atoms with E-state index in [1.165, 1.54) is 35.4 Å². The number of aliphatic imine (C=N–C) groups is 1. The van der Waals surface area contributed by atoms with Crippen LogP contribution in [0.4, 0.5) is 0 Å². The Morgan fingerprint density at radius 1 is 1.10 bits per heavy atom. The molecule has 0 spiro atoms. The fourth-order valence-electron chi connectivity index (χ4n) is 2.92. The van der Waals surface area contributed by atoms with Gasteiger partial charge in [0.15, 0.2) is 0 Å². The molecule has 1 aromatic carbocycles. The predicted molar refractivity (Wildman–Crippen MR) is 87.9 cm³/mol. The molecule has 110 valence electrons. The molecule has 1 aliphatic rings. The predicted octanol–water partition coefficient (Wildman–Crippen LogP) is 4.26. The number of hydrogen-bond acceptors (Lipinski definition) is 2. The van der Waals surface area contributed by atoms with Crippen molar-refractivity contribution in [3.05, 3.63) is 34.9 Å². The maximum atomic E-state index is 4.59. The van der Waals surface area contributed by atoms with Crippen molar-refractivity contribution in [2.45, 2.75) is 58.8 Å². The van der Waals surface area contributed by atoms with Crippen LogP contribution in [-0.2, 0) is 6.42 Å². The maximum Gasteiger partial charge on any atom is 0.101 e. The van der Waals surface area contributed by atoms with Crippen LogP contribution in [0.2, 0.25) is 0 Å². The quantitative estimate of drug-likeness (QED) is 0.822. The van der Waals surface area contributed by atoms with Crippen molar-refractivity contribution < 1.29 is 0 Å². The van der Waals surface area contributed by atoms with E-state index >= 15 is 0 Å². The molecule has 2 rings (SSSR count). The molecule has 1 aliphatic heterocycles. The second kappa shape index (κ2) is 6.92. The SMILES string of the molecule is CCC(C)c1cccc(C(C)CC)c1CC1=NCCN1. The summed E-state index contributed by atoms with van der Waals surface area (Å²) in [4.78, 5) is 4.59. The van der Waals surface area contributed by atoms with Crippen molar-refractivity contribution in [2.24, 2.45) is 4.99 Å². The van der Waals surface area contributed by atoms with Crippen LogP contribution < -0.4 is 5.32 Å². The summed E-state index contributed by atoms with van der Waals surface area (Å²) >= 11 is 0. The van der Waals surface area contributed by atoms with E-state index in [9.17, 15) is 0 Å². The van der Waals surface area contributed by atoms with Crippen LogP contribution in [0.1, 0.15) is 69.1 Å². The van der Waals surface area contributed by atoms with Gasteiger partial charge in [-0.15, -0.1) is 0 Å². The summed E-state index contributed by atoms with van der Waals surface area (Å²) in [7, 11) is 0. The van der Waals surface area contributed by atoms with E-state index in [0.717, 1.165) is 19.5 Å². The Kier molecular flexibility index (Phi) is 5.22. The van der Waals surface area contributed by atoms with Crippen LogP contribution in [0.15, 0.2) is 23.2 Å². The average Bonchev–Trinajstić information content (AvgIpc) is 2.98. The molecular formula is C18H28N2. The number of benzene rings is 1. The first-order valence-corrected chi connectivity index (χ1v) is 8.06. The number of nitrogens with zero attached hydrogens (tertiary/aromatic N) is 1. The molecular weight excluding hydrogens is 244 g/mol. The fraction of sp³-hybridized carbons (Fsp3) is 0.611. The molecule has 0 bridgehead atoms. The summed E-state index contributed by atoms with van der Waals surface area (Å²) in [5.74, 6) is 2.41. The van der Waals surface area contributed by atoms with Gasteiger partial charge in [0.05, 0.1) is 6.54 Å². The Labute approximate surface area is 123 Å². The minimum absolute atomic E-state index is 0.621. The standard InChI is InChI=1S/C18H28N2/c1-5-13(3)15-8-7-9-16(14(4)6-2)17(15)12-18-19-10-11-20-18/h7-9,13-14H,5-6,10-12H2,1-4H3,(H,19,20). The van der Waals surface area contributed by atoms with Crippen LogP contribution >= 0.6 is 0 Å². The van der Waals surface area contributed by atoms with Gasteiger partial charge in [0.25, 0.3) is 0 Å². The van der Waals surface area contributed by atoms with E-state index in [4.69, 9.17) is 0 Å². The molecule has 0 saturated carbocycles. The zero-order valence-electron chi connectivity index (χ0n) is 13.4. The van der Waals surface area contributed by atoms with Crippen LogP contribution in [0.5, 0.6) is 0 Å². The lowest BCUT2D eigenvalue weighted by Crippen LogP contribution is -2.22. The molecule has 0 radical (unpaired) electrons. The lowest BCUT2D eigenvalue weighted by molar-refractivity contribution is 0.698. The third kappa shape index (κ3) is 3.23. The summed E-state index contributed by atoms with van der Waals surface area (Å²) < 4.78 is 0. The van der Waals surface area contributed by atoms with Gasteiger partial charge in [-0.3, -0.25) is 4.99 Å². The van der Waals surface area contributed by atoms with Gasteiger partial charge in [0.1, 0.15) is 5.84 Å². The van der Waals surface area contributed by atoms with Crippen molar-refractivity contribution >= 4 is 5.84 Å². The van der Waals surface area contributed by atoms with Crippen molar-refractivity contribution in [3.63, 3.8) is 0 Å². The zero-order valence-corrected chi connectivity index (χ0v) is 13.4. The monoisotopic (exact) mass is 272 g/mol. The zero-order chi connectivity index (χ0) is 14.5. The lowest BCUT2D eigenvalue weighted by atomic mass is 9.84. The summed E-state index contributed by atoms with van der Waals surface area (Å²) in [5.41, 5.74) is 4.55. The van der Waals surface area contributed by atoms with E-state index in [1.54, 1.807) is 0 Å². The van der Waals surface area contributed by atoms with Gasteiger partial charge >= 0.3 is 0 Å². The molecule has 0 amide bonds.